The molecule has 56 heavy (non-hydrogen) atoms. The van der Waals surface area contributed by atoms with Crippen molar-refractivity contribution in [2.45, 2.75) is 92.4 Å². The Bertz CT molecular complexity index is 1970. The van der Waals surface area contributed by atoms with Crippen LogP contribution < -0.4 is 21.1 Å². The Labute approximate surface area is 323 Å². The summed E-state index contributed by atoms with van der Waals surface area (Å²) < 4.78 is 11.7. The number of thioether (sulfide) groups is 1. The molecule has 1 amide bonds. The summed E-state index contributed by atoms with van der Waals surface area (Å²) >= 11 is 1.04. The highest BCUT2D eigenvalue weighted by molar-refractivity contribution is 7.99. The number of carbonyl (C=O) groups excluding carboxylic acids is 3. The highest BCUT2D eigenvalue weighted by Gasteiger charge is 2.53. The van der Waals surface area contributed by atoms with E-state index in [1.165, 1.54) is 13.0 Å². The molecule has 304 valence electrons. The number of aliphatic hydroxyl groups is 4. The lowest BCUT2D eigenvalue weighted by molar-refractivity contribution is -0.271. The van der Waals surface area contributed by atoms with Crippen LogP contribution in [0.25, 0.3) is 0 Å². The smallest absolute Gasteiger partial charge is 0.320 e. The summed E-state index contributed by atoms with van der Waals surface area (Å²) in [6.07, 6.45) is -7.48. The maximum absolute atomic E-state index is 14.4. The second-order valence-electron chi connectivity index (χ2n) is 15.0. The van der Waals surface area contributed by atoms with Gasteiger partial charge in [0.25, 0.3) is 0 Å². The molecule has 2 aromatic rings. The first kappa shape index (κ1) is 41.3. The van der Waals surface area contributed by atoms with Crippen molar-refractivity contribution in [2.75, 3.05) is 26.4 Å². The first-order chi connectivity index (χ1) is 26.2. The molecule has 0 saturated carbocycles. The van der Waals surface area contributed by atoms with E-state index in [0.717, 1.165) is 17.8 Å². The molecule has 2 heterocycles. The zero-order chi connectivity index (χ0) is 41.1. The summed E-state index contributed by atoms with van der Waals surface area (Å²) in [4.78, 5) is 65.3. The molecule has 2 bridgehead atoms. The number of hydrogen-bond donors (Lipinski definition) is 11. The predicted octanol–water partition coefficient (Wildman–Crippen LogP) is -1.54. The number of fused-ring (bicyclic) bond motifs is 8. The first-order valence-corrected chi connectivity index (χ1v) is 18.7. The van der Waals surface area contributed by atoms with Crippen LogP contribution in [-0.4, -0.2) is 150 Å². The third-order valence-corrected chi connectivity index (χ3v) is 11.9. The fraction of sp³-hybridized carbons (Fsp3) is 0.528. The van der Waals surface area contributed by atoms with E-state index in [4.69, 9.17) is 25.4 Å². The van der Waals surface area contributed by atoms with Crippen molar-refractivity contribution in [1.82, 2.24) is 15.5 Å². The van der Waals surface area contributed by atoms with E-state index < -0.39 is 118 Å². The predicted molar refractivity (Wildman–Crippen MR) is 193 cm³/mol. The average molecular weight is 805 g/mol. The third kappa shape index (κ3) is 7.55. The van der Waals surface area contributed by atoms with Gasteiger partial charge in [-0.1, -0.05) is 0 Å². The number of nitrogens with two attached hydrogens (primary N) is 1. The molecule has 10 atom stereocenters. The maximum Gasteiger partial charge on any atom is 0.320 e. The quantitative estimate of drug-likeness (QED) is 0.0872. The van der Waals surface area contributed by atoms with Crippen LogP contribution >= 0.6 is 11.8 Å². The molecule has 2 aliphatic heterocycles. The van der Waals surface area contributed by atoms with Gasteiger partial charge in [0.1, 0.15) is 47.8 Å². The Morgan fingerprint density at radius 2 is 1.77 bits per heavy atom. The van der Waals surface area contributed by atoms with Gasteiger partial charge in [0.2, 0.25) is 18.0 Å². The minimum atomic E-state index is -1.62. The van der Waals surface area contributed by atoms with Gasteiger partial charge in [0.05, 0.1) is 40.9 Å². The largest absolute Gasteiger partial charge is 0.507 e. The van der Waals surface area contributed by atoms with Crippen LogP contribution in [-0.2, 0) is 25.5 Å². The lowest BCUT2D eigenvalue weighted by Gasteiger charge is -2.48. The fourth-order valence-electron chi connectivity index (χ4n) is 7.88. The number of likely N-dealkylation sites (N-methyl/N-ethyl adjacent to an activating group) is 1. The van der Waals surface area contributed by atoms with Crippen molar-refractivity contribution in [1.29, 1.82) is 0 Å². The number of nitrogens with one attached hydrogen (secondary N) is 2. The van der Waals surface area contributed by atoms with Crippen molar-refractivity contribution in [3.05, 3.63) is 51.1 Å². The number of aromatic hydroxyl groups is 2. The van der Waals surface area contributed by atoms with Crippen LogP contribution in [0.15, 0.2) is 12.1 Å². The van der Waals surface area contributed by atoms with E-state index in [2.05, 4.69) is 10.6 Å². The number of ether oxygens (including phenoxy) is 2. The summed E-state index contributed by atoms with van der Waals surface area (Å²) in [5.41, 5.74) is 3.11. The summed E-state index contributed by atoms with van der Waals surface area (Å²) in [6, 6.07) is -0.855. The number of carbonyl (C=O) groups is 5. The number of carboxylic acid groups (broad SMARTS) is 2. The van der Waals surface area contributed by atoms with Gasteiger partial charge in [-0.2, -0.15) is 11.8 Å². The SMILES string of the molecule is CN(C)[C@H]1[C@H](O)[C@H]2Oc3c(cc(O)c4c3C(=O)c3cc5c(c(O)c3C4=O)C(SC[C@H](NC(=O)CCC(N)C(=O)O)C(O)NCC(=O)O)C[C@](C)(O)C5)[C@@H](O2)[C@@H]1O. The Morgan fingerprint density at radius 1 is 1.07 bits per heavy atom. The van der Waals surface area contributed by atoms with Gasteiger partial charge in [-0.3, -0.25) is 29.3 Å². The number of ketones is 2. The molecular weight excluding hydrogens is 760 g/mol. The average Bonchev–Trinajstić information content (AvgIpc) is 3.11. The molecular formula is C36H44N4O15S. The van der Waals surface area contributed by atoms with Gasteiger partial charge in [-0.05, 0) is 51.6 Å². The molecule has 3 unspecified atom stereocenters. The van der Waals surface area contributed by atoms with Crippen LogP contribution in [0.2, 0.25) is 0 Å². The van der Waals surface area contributed by atoms with E-state index in [1.54, 1.807) is 19.0 Å². The Kier molecular flexibility index (Phi) is 11.4. The molecule has 1 saturated heterocycles. The van der Waals surface area contributed by atoms with Gasteiger partial charge in [-0.25, -0.2) is 0 Å². The molecule has 1 fully saturated rings. The minimum absolute atomic E-state index is 0.0174. The summed E-state index contributed by atoms with van der Waals surface area (Å²) in [5, 5.41) is 89.7. The number of benzene rings is 2. The molecule has 2 aromatic carbocycles. The van der Waals surface area contributed by atoms with Gasteiger partial charge < -0.3 is 66.3 Å². The first-order valence-electron chi connectivity index (χ1n) is 17.7. The number of phenols is 2. The topological polar surface area (TPSA) is 319 Å². The Morgan fingerprint density at radius 3 is 2.41 bits per heavy atom. The highest BCUT2D eigenvalue weighted by atomic mass is 32.2. The minimum Gasteiger partial charge on any atom is -0.507 e. The van der Waals surface area contributed by atoms with E-state index in [0.29, 0.717) is 5.56 Å². The molecule has 19 nitrogen and oxygen atoms in total. The van der Waals surface area contributed by atoms with Crippen LogP contribution in [0, 0.1) is 0 Å². The fourth-order valence-corrected chi connectivity index (χ4v) is 9.49. The third-order valence-electron chi connectivity index (χ3n) is 10.5. The summed E-state index contributed by atoms with van der Waals surface area (Å²) in [7, 11) is 3.28. The normalized spacial score (nSPS) is 27.9. The number of amides is 1. The van der Waals surface area contributed by atoms with Gasteiger partial charge >= 0.3 is 11.9 Å². The molecule has 20 heteroatoms. The number of aliphatic carboxylic acids is 2. The molecule has 0 aromatic heterocycles. The van der Waals surface area contributed by atoms with Crippen molar-refractivity contribution in [3.8, 4) is 17.2 Å². The monoisotopic (exact) mass is 804 g/mol. The van der Waals surface area contributed by atoms with Crippen molar-refractivity contribution in [2.24, 2.45) is 5.73 Å². The van der Waals surface area contributed by atoms with Crippen LogP contribution in [0.1, 0.15) is 86.1 Å². The number of aliphatic hydroxyl groups excluding tert-OH is 3. The standard InChI is InChI=1S/C36H44N4O15S/c1-36(53)8-12-6-13-22(27(46)21(12)18(9-36)56-11-16(33(50)38-10-20(43)44)39-19(42)5-4-15(37)34(51)52)28(47)23-17(41)7-14-31(24(23)26(13)45)54-35-30(49)25(40(2)3)29(48)32(14)55-35/h6-7,15-16,18,25,29-30,32-33,35,38,41,46,48-50,53H,4-5,8-11,37H2,1-3H3,(H,39,42)(H,43,44)(H,51,52)/t15?,16-,18?,25+,29+,30-,32+,33?,35-,36+/m0/s1. The van der Waals surface area contributed by atoms with Crippen LogP contribution in [0.5, 0.6) is 17.2 Å². The lowest BCUT2D eigenvalue weighted by atomic mass is 9.74. The van der Waals surface area contributed by atoms with Gasteiger partial charge in [-0.15, -0.1) is 0 Å². The zero-order valence-corrected chi connectivity index (χ0v) is 31.3. The molecule has 12 N–H and O–H groups in total. The maximum atomic E-state index is 14.4. The molecule has 6 rings (SSSR count). The van der Waals surface area contributed by atoms with Crippen LogP contribution in [0.4, 0.5) is 0 Å². The number of phenolic OH excluding ortho intramolecular Hbond substituents is 2. The molecule has 2 aliphatic carbocycles. The van der Waals surface area contributed by atoms with Gasteiger partial charge in [0.15, 0.2) is 5.78 Å². The number of hydrogen-bond acceptors (Lipinski definition) is 17. The molecule has 4 aliphatic rings. The number of carboxylic acids is 2. The second kappa shape index (κ2) is 15.5. The lowest BCUT2D eigenvalue weighted by Crippen LogP contribution is -2.62. The number of nitrogens with zero attached hydrogens (tertiary/aromatic N) is 1. The number of rotatable bonds is 13. The van der Waals surface area contributed by atoms with Crippen LogP contribution in [0.3, 0.4) is 0 Å². The van der Waals surface area contributed by atoms with Crippen molar-refractivity contribution >= 4 is 41.2 Å². The molecule has 0 spiro atoms. The van der Waals surface area contributed by atoms with E-state index in [-0.39, 0.29) is 59.4 Å². The van der Waals surface area contributed by atoms with Crippen molar-refractivity contribution in [3.63, 3.8) is 0 Å². The van der Waals surface area contributed by atoms with E-state index >= 15 is 0 Å². The summed E-state index contributed by atoms with van der Waals surface area (Å²) in [5.74, 6) is -6.64. The molecule has 0 radical (unpaired) electrons. The zero-order valence-electron chi connectivity index (χ0n) is 30.5. The summed E-state index contributed by atoms with van der Waals surface area (Å²) in [6.45, 7) is 0.843. The van der Waals surface area contributed by atoms with E-state index in [9.17, 15) is 54.6 Å². The van der Waals surface area contributed by atoms with Gasteiger partial charge in [0, 0.05) is 40.5 Å². The Hall–Kier alpha value is -4.38. The highest BCUT2D eigenvalue weighted by Crippen LogP contribution is 2.54. The van der Waals surface area contributed by atoms with Crippen molar-refractivity contribution < 1.29 is 74.3 Å². The van der Waals surface area contributed by atoms with E-state index in [1.807, 2.05) is 0 Å². The second-order valence-corrected chi connectivity index (χ2v) is 16.2. The Balaban J connectivity index is 1.34.